The van der Waals surface area contributed by atoms with Crippen molar-refractivity contribution < 1.29 is 0 Å². The van der Waals surface area contributed by atoms with Crippen LogP contribution in [0.15, 0.2) is 24.5 Å². The van der Waals surface area contributed by atoms with Crippen molar-refractivity contribution in [3.63, 3.8) is 0 Å². The Morgan fingerprint density at radius 2 is 2.05 bits per heavy atom. The van der Waals surface area contributed by atoms with Crippen molar-refractivity contribution in [1.82, 2.24) is 15.2 Å². The van der Waals surface area contributed by atoms with Gasteiger partial charge in [-0.15, -0.1) is 0 Å². The minimum Gasteiger partial charge on any atom is -0.313 e. The fourth-order valence-corrected chi connectivity index (χ4v) is 4.16. The Bertz CT molecular complexity index is 417. The molecule has 3 nitrogen and oxygen atoms in total. The van der Waals surface area contributed by atoms with Crippen LogP contribution in [-0.4, -0.2) is 41.6 Å². The third-order valence-corrected chi connectivity index (χ3v) is 5.35. The van der Waals surface area contributed by atoms with Crippen LogP contribution in [0.5, 0.6) is 0 Å². The van der Waals surface area contributed by atoms with E-state index in [0.717, 1.165) is 30.8 Å². The van der Waals surface area contributed by atoms with Crippen LogP contribution in [0.2, 0.25) is 0 Å². The van der Waals surface area contributed by atoms with Gasteiger partial charge in [-0.25, -0.2) is 0 Å². The van der Waals surface area contributed by atoms with Crippen molar-refractivity contribution in [2.75, 3.05) is 19.6 Å². The van der Waals surface area contributed by atoms with Crippen molar-refractivity contribution in [3.05, 3.63) is 30.1 Å². The molecule has 2 fully saturated rings. The first-order valence-corrected chi connectivity index (χ1v) is 8.60. The number of fused-ring (bicyclic) bond motifs is 2. The number of nitrogens with one attached hydrogen (secondary N) is 1. The van der Waals surface area contributed by atoms with Gasteiger partial charge < -0.3 is 10.2 Å². The molecule has 3 heteroatoms. The van der Waals surface area contributed by atoms with Crippen LogP contribution in [0.1, 0.15) is 38.7 Å². The predicted octanol–water partition coefficient (Wildman–Crippen LogP) is 2.72. The Balaban J connectivity index is 1.53. The van der Waals surface area contributed by atoms with E-state index in [1.54, 1.807) is 0 Å². The summed E-state index contributed by atoms with van der Waals surface area (Å²) >= 11 is 0. The lowest BCUT2D eigenvalue weighted by Gasteiger charge is -2.49. The number of likely N-dealkylation sites (tertiary alicyclic amines) is 1. The number of aromatic nitrogens is 1. The minimum atomic E-state index is 0.699. The summed E-state index contributed by atoms with van der Waals surface area (Å²) in [6, 6.07) is 5.65. The standard InChI is InChI=1S/C18H29N3/c1-14(2)21-12-16-6-3-7-17(13-21)18(16)20-10-8-15-5-4-9-19-11-15/h4-5,9,11,14,16-18,20H,3,6-8,10,12-13H2,1-2H3. The maximum atomic E-state index is 4.20. The molecule has 3 rings (SSSR count). The van der Waals surface area contributed by atoms with Crippen molar-refractivity contribution in [2.24, 2.45) is 11.8 Å². The van der Waals surface area contributed by atoms with Gasteiger partial charge in [-0.1, -0.05) is 12.5 Å². The summed E-state index contributed by atoms with van der Waals surface area (Å²) in [5.74, 6) is 1.71. The summed E-state index contributed by atoms with van der Waals surface area (Å²) in [6.07, 6.45) is 9.18. The van der Waals surface area contributed by atoms with E-state index in [1.807, 2.05) is 18.5 Å². The Morgan fingerprint density at radius 1 is 1.29 bits per heavy atom. The molecule has 1 aliphatic carbocycles. The lowest BCUT2D eigenvalue weighted by Crippen LogP contribution is -2.58. The summed E-state index contributed by atoms with van der Waals surface area (Å²) in [5.41, 5.74) is 1.34. The average Bonchev–Trinajstić information content (AvgIpc) is 2.47. The van der Waals surface area contributed by atoms with Gasteiger partial charge in [0.1, 0.15) is 0 Å². The third-order valence-electron chi connectivity index (χ3n) is 5.35. The largest absolute Gasteiger partial charge is 0.313 e. The van der Waals surface area contributed by atoms with Gasteiger partial charge in [0.05, 0.1) is 0 Å². The smallest absolute Gasteiger partial charge is 0.0300 e. The van der Waals surface area contributed by atoms with Gasteiger partial charge in [0.25, 0.3) is 0 Å². The Kier molecular flexibility index (Phi) is 4.91. The highest BCUT2D eigenvalue weighted by Gasteiger charge is 2.39. The molecule has 1 aliphatic heterocycles. The van der Waals surface area contributed by atoms with Gasteiger partial charge in [0.2, 0.25) is 0 Å². The Labute approximate surface area is 129 Å². The van der Waals surface area contributed by atoms with Crippen LogP contribution >= 0.6 is 0 Å². The summed E-state index contributed by atoms with van der Waals surface area (Å²) < 4.78 is 0. The van der Waals surface area contributed by atoms with E-state index in [0.29, 0.717) is 6.04 Å². The highest BCUT2D eigenvalue weighted by atomic mass is 15.2. The summed E-state index contributed by atoms with van der Waals surface area (Å²) in [7, 11) is 0. The first-order chi connectivity index (χ1) is 10.2. The van der Waals surface area contributed by atoms with E-state index in [4.69, 9.17) is 0 Å². The summed E-state index contributed by atoms with van der Waals surface area (Å²) in [5, 5.41) is 3.88. The van der Waals surface area contributed by atoms with Crippen molar-refractivity contribution in [3.8, 4) is 0 Å². The Morgan fingerprint density at radius 3 is 2.67 bits per heavy atom. The van der Waals surface area contributed by atoms with E-state index in [-0.39, 0.29) is 0 Å². The Hall–Kier alpha value is -0.930. The number of piperidine rings is 1. The summed E-state index contributed by atoms with van der Waals surface area (Å²) in [6.45, 7) is 8.35. The van der Waals surface area contributed by atoms with Gasteiger partial charge >= 0.3 is 0 Å². The van der Waals surface area contributed by atoms with Crippen LogP contribution in [-0.2, 0) is 6.42 Å². The molecular formula is C18H29N3. The van der Waals surface area contributed by atoms with Crippen LogP contribution in [0.25, 0.3) is 0 Å². The minimum absolute atomic E-state index is 0.699. The van der Waals surface area contributed by atoms with E-state index >= 15 is 0 Å². The quantitative estimate of drug-likeness (QED) is 0.902. The highest BCUT2D eigenvalue weighted by molar-refractivity contribution is 5.09. The molecule has 1 aromatic heterocycles. The predicted molar refractivity (Wildman–Crippen MR) is 87.3 cm³/mol. The van der Waals surface area contributed by atoms with Crippen LogP contribution in [0.4, 0.5) is 0 Å². The summed E-state index contributed by atoms with van der Waals surface area (Å²) in [4.78, 5) is 6.89. The van der Waals surface area contributed by atoms with Gasteiger partial charge in [-0.3, -0.25) is 4.98 Å². The molecule has 2 aliphatic rings. The molecule has 2 unspecified atom stereocenters. The lowest BCUT2D eigenvalue weighted by atomic mass is 9.73. The first kappa shape index (κ1) is 15.0. The molecule has 1 saturated carbocycles. The zero-order valence-electron chi connectivity index (χ0n) is 13.5. The lowest BCUT2D eigenvalue weighted by molar-refractivity contribution is 0.0300. The van der Waals surface area contributed by atoms with Crippen molar-refractivity contribution in [2.45, 2.75) is 51.6 Å². The normalized spacial score (nSPS) is 29.8. The maximum Gasteiger partial charge on any atom is 0.0300 e. The number of hydrogen-bond donors (Lipinski definition) is 1. The number of pyridine rings is 1. The second-order valence-corrected chi connectivity index (χ2v) is 7.09. The topological polar surface area (TPSA) is 28.2 Å². The van der Waals surface area contributed by atoms with Gasteiger partial charge in [0.15, 0.2) is 0 Å². The molecule has 0 aromatic carbocycles. The number of nitrogens with zero attached hydrogens (tertiary/aromatic N) is 2. The second kappa shape index (κ2) is 6.89. The van der Waals surface area contributed by atoms with Crippen molar-refractivity contribution in [1.29, 1.82) is 0 Å². The molecule has 1 aromatic rings. The van der Waals surface area contributed by atoms with E-state index in [1.165, 1.54) is 37.9 Å². The van der Waals surface area contributed by atoms with E-state index in [9.17, 15) is 0 Å². The third kappa shape index (κ3) is 3.64. The highest BCUT2D eigenvalue weighted by Crippen LogP contribution is 2.35. The molecule has 0 amide bonds. The van der Waals surface area contributed by atoms with Crippen LogP contribution in [0, 0.1) is 11.8 Å². The number of rotatable bonds is 5. The molecule has 2 bridgehead atoms. The fraction of sp³-hybridized carbons (Fsp3) is 0.722. The fourth-order valence-electron chi connectivity index (χ4n) is 4.16. The molecule has 1 saturated heterocycles. The maximum absolute atomic E-state index is 4.20. The average molecular weight is 287 g/mol. The van der Waals surface area contributed by atoms with Gasteiger partial charge in [-0.05, 0) is 63.1 Å². The molecule has 116 valence electrons. The van der Waals surface area contributed by atoms with E-state index in [2.05, 4.69) is 35.1 Å². The van der Waals surface area contributed by atoms with Gasteiger partial charge in [0, 0.05) is 37.6 Å². The first-order valence-electron chi connectivity index (χ1n) is 8.60. The van der Waals surface area contributed by atoms with Crippen LogP contribution < -0.4 is 5.32 Å². The SMILES string of the molecule is CC(C)N1CC2CCCC(C1)C2NCCc1cccnc1. The molecule has 0 spiro atoms. The van der Waals surface area contributed by atoms with Crippen LogP contribution in [0.3, 0.4) is 0 Å². The molecule has 2 atom stereocenters. The van der Waals surface area contributed by atoms with Crippen molar-refractivity contribution >= 4 is 0 Å². The zero-order chi connectivity index (χ0) is 14.7. The molecule has 0 radical (unpaired) electrons. The molecule has 1 N–H and O–H groups in total. The number of hydrogen-bond acceptors (Lipinski definition) is 3. The molecule has 21 heavy (non-hydrogen) atoms. The van der Waals surface area contributed by atoms with Gasteiger partial charge in [-0.2, -0.15) is 0 Å². The molecular weight excluding hydrogens is 258 g/mol. The second-order valence-electron chi connectivity index (χ2n) is 7.09. The monoisotopic (exact) mass is 287 g/mol. The van der Waals surface area contributed by atoms with E-state index < -0.39 is 0 Å². The molecule has 2 heterocycles. The zero-order valence-corrected chi connectivity index (χ0v) is 13.5.